The summed E-state index contributed by atoms with van der Waals surface area (Å²) in [4.78, 5) is 36.8. The van der Waals surface area contributed by atoms with Crippen LogP contribution in [0.25, 0.3) is 0 Å². The zero-order valence-corrected chi connectivity index (χ0v) is 22.7. The number of alkyl halides is 6. The van der Waals surface area contributed by atoms with E-state index in [4.69, 9.17) is 4.74 Å². The fraction of sp³-hybridized carbons (Fsp3) is 0.250. The van der Waals surface area contributed by atoms with Gasteiger partial charge >= 0.3 is 35.9 Å². The van der Waals surface area contributed by atoms with Gasteiger partial charge in [0.15, 0.2) is 0 Å². The third-order valence-corrected chi connectivity index (χ3v) is 6.05. The summed E-state index contributed by atoms with van der Waals surface area (Å²) >= 11 is 0. The van der Waals surface area contributed by atoms with Crippen LogP contribution in [0.4, 0.5) is 46.9 Å². The number of esters is 2. The third kappa shape index (κ3) is 6.69. The number of hydrogen-bond acceptors (Lipinski definition) is 7. The summed E-state index contributed by atoms with van der Waals surface area (Å²) in [6, 6.07) is 9.45. The molecule has 16 heteroatoms. The molecule has 0 saturated carbocycles. The number of halogens is 7. The van der Waals surface area contributed by atoms with Gasteiger partial charge in [0.2, 0.25) is 0 Å². The lowest BCUT2D eigenvalue weighted by molar-refractivity contribution is -0.268. The van der Waals surface area contributed by atoms with Crippen molar-refractivity contribution in [3.8, 4) is 5.75 Å². The number of nitrogens with one attached hydrogen (secondary N) is 2. The van der Waals surface area contributed by atoms with Gasteiger partial charge in [-0.05, 0) is 55.5 Å². The Morgan fingerprint density at radius 1 is 0.727 bits per heavy atom. The summed E-state index contributed by atoms with van der Waals surface area (Å²) < 4.78 is 111. The molecule has 0 aliphatic heterocycles. The maximum atomic E-state index is 14.4. The quantitative estimate of drug-likeness (QED) is 0.202. The standard InChI is InChI=1S/C28H23F7N2O7/c1-3-43-22(38)25(41,27(30,31)32)16-4-10-19(11-5-16)36-24(40)37-20-12-6-17(7-13-20)26(23(39)42-2,28(33,34)35)44-21-14-8-18(29)9-15-21/h4-15,41H,3H2,1-2H3,(H2,36,37,40). The lowest BCUT2D eigenvalue weighted by Gasteiger charge is -2.33. The molecule has 0 fully saturated rings. The van der Waals surface area contributed by atoms with Crippen LogP contribution < -0.4 is 15.4 Å². The van der Waals surface area contributed by atoms with Crippen LogP contribution in [0.2, 0.25) is 0 Å². The zero-order valence-electron chi connectivity index (χ0n) is 22.7. The Balaban J connectivity index is 1.82. The number of amides is 2. The molecule has 0 aliphatic rings. The monoisotopic (exact) mass is 632 g/mol. The molecular formula is C28H23F7N2O7. The second-order valence-corrected chi connectivity index (χ2v) is 8.89. The molecule has 9 nitrogen and oxygen atoms in total. The topological polar surface area (TPSA) is 123 Å². The molecule has 0 heterocycles. The number of benzene rings is 3. The summed E-state index contributed by atoms with van der Waals surface area (Å²) in [7, 11) is 0.712. The SMILES string of the molecule is CCOC(=O)C(O)(c1ccc(NC(=O)Nc2ccc(C(Oc3ccc(F)cc3)(C(=O)OC)C(F)(F)F)cc2)cc1)C(F)(F)F. The van der Waals surface area contributed by atoms with Crippen LogP contribution in [0, 0.1) is 5.82 Å². The van der Waals surface area contributed by atoms with Crippen LogP contribution in [-0.2, 0) is 30.3 Å². The van der Waals surface area contributed by atoms with Crippen LogP contribution in [0.3, 0.4) is 0 Å². The molecule has 0 radical (unpaired) electrons. The van der Waals surface area contributed by atoms with Crippen LogP contribution in [0.15, 0.2) is 72.8 Å². The number of anilines is 2. The minimum Gasteiger partial charge on any atom is -0.466 e. The van der Waals surface area contributed by atoms with Crippen molar-refractivity contribution in [2.45, 2.75) is 30.5 Å². The number of methoxy groups -OCH3 is 1. The van der Waals surface area contributed by atoms with E-state index in [1.165, 1.54) is 6.92 Å². The molecule has 3 N–H and O–H groups in total. The molecule has 0 spiro atoms. The van der Waals surface area contributed by atoms with Gasteiger partial charge in [-0.2, -0.15) is 26.3 Å². The number of carbonyl (C=O) groups is 3. The highest BCUT2D eigenvalue weighted by atomic mass is 19.4. The molecule has 0 bridgehead atoms. The van der Waals surface area contributed by atoms with E-state index in [2.05, 4.69) is 20.1 Å². The van der Waals surface area contributed by atoms with Crippen molar-refractivity contribution < 1.29 is 64.4 Å². The zero-order chi connectivity index (χ0) is 32.9. The molecule has 3 rings (SSSR count). The Bertz CT molecular complexity index is 1480. The van der Waals surface area contributed by atoms with Crippen molar-refractivity contribution in [2.24, 2.45) is 0 Å². The predicted molar refractivity (Wildman–Crippen MR) is 139 cm³/mol. The van der Waals surface area contributed by atoms with Crippen molar-refractivity contribution >= 4 is 29.3 Å². The van der Waals surface area contributed by atoms with E-state index < -0.39 is 70.8 Å². The number of urea groups is 1. The van der Waals surface area contributed by atoms with E-state index in [-0.39, 0.29) is 11.4 Å². The minimum atomic E-state index is -5.43. The Morgan fingerprint density at radius 3 is 1.61 bits per heavy atom. The highest BCUT2D eigenvalue weighted by molar-refractivity contribution is 5.99. The predicted octanol–water partition coefficient (Wildman–Crippen LogP) is 5.79. The molecule has 2 amide bonds. The van der Waals surface area contributed by atoms with Crippen LogP contribution in [-0.4, -0.2) is 49.1 Å². The maximum Gasteiger partial charge on any atom is 0.444 e. The second kappa shape index (κ2) is 12.8. The number of ether oxygens (including phenoxy) is 3. The van der Waals surface area contributed by atoms with Crippen molar-refractivity contribution in [1.29, 1.82) is 0 Å². The van der Waals surface area contributed by atoms with Crippen molar-refractivity contribution in [2.75, 3.05) is 24.4 Å². The first-order valence-electron chi connectivity index (χ1n) is 12.3. The number of carbonyl (C=O) groups excluding carboxylic acids is 3. The first-order chi connectivity index (χ1) is 20.5. The Labute approximate surface area is 244 Å². The van der Waals surface area contributed by atoms with Crippen molar-refractivity contribution in [1.82, 2.24) is 0 Å². The highest BCUT2D eigenvalue weighted by Gasteiger charge is 2.66. The number of rotatable bonds is 9. The smallest absolute Gasteiger partial charge is 0.444 e. The number of hydrogen-bond donors (Lipinski definition) is 3. The van der Waals surface area contributed by atoms with E-state index in [0.29, 0.717) is 7.11 Å². The molecule has 44 heavy (non-hydrogen) atoms. The molecule has 0 aromatic heterocycles. The van der Waals surface area contributed by atoms with Gasteiger partial charge in [0.25, 0.3) is 5.60 Å². The summed E-state index contributed by atoms with van der Waals surface area (Å²) in [5.41, 5.74) is -9.45. The van der Waals surface area contributed by atoms with Crippen molar-refractivity contribution in [3.63, 3.8) is 0 Å². The third-order valence-electron chi connectivity index (χ3n) is 6.05. The van der Waals surface area contributed by atoms with Crippen LogP contribution in [0.1, 0.15) is 18.1 Å². The van der Waals surface area contributed by atoms with Gasteiger partial charge in [-0.25, -0.2) is 18.8 Å². The van der Waals surface area contributed by atoms with Gasteiger partial charge in [0, 0.05) is 22.5 Å². The second-order valence-electron chi connectivity index (χ2n) is 8.89. The van der Waals surface area contributed by atoms with Gasteiger partial charge in [-0.3, -0.25) is 0 Å². The van der Waals surface area contributed by atoms with Crippen LogP contribution >= 0.6 is 0 Å². The van der Waals surface area contributed by atoms with E-state index in [1.54, 1.807) is 0 Å². The molecule has 3 aromatic rings. The molecule has 2 atom stereocenters. The first-order valence-corrected chi connectivity index (χ1v) is 12.3. The Hall–Kier alpha value is -4.86. The number of aliphatic hydroxyl groups is 1. The highest BCUT2D eigenvalue weighted by Crippen LogP contribution is 2.44. The molecule has 0 aliphatic carbocycles. The first kappa shape index (κ1) is 33.6. The van der Waals surface area contributed by atoms with E-state index in [0.717, 1.165) is 72.8 Å². The normalized spacial score (nSPS) is 14.4. The van der Waals surface area contributed by atoms with Crippen molar-refractivity contribution in [3.05, 3.63) is 89.7 Å². The summed E-state index contributed by atoms with van der Waals surface area (Å²) in [6.07, 6.45) is -10.8. The van der Waals surface area contributed by atoms with Gasteiger partial charge in [-0.15, -0.1) is 0 Å². The van der Waals surface area contributed by atoms with Gasteiger partial charge in [0.1, 0.15) is 11.6 Å². The van der Waals surface area contributed by atoms with E-state index in [9.17, 15) is 50.2 Å². The van der Waals surface area contributed by atoms with E-state index in [1.807, 2.05) is 0 Å². The molecule has 0 saturated heterocycles. The Morgan fingerprint density at radius 2 is 1.20 bits per heavy atom. The molecule has 2 unspecified atom stereocenters. The van der Waals surface area contributed by atoms with Gasteiger partial charge in [0.05, 0.1) is 13.7 Å². The minimum absolute atomic E-state index is 0.0839. The van der Waals surface area contributed by atoms with Crippen LogP contribution in [0.5, 0.6) is 5.75 Å². The Kier molecular flexibility index (Phi) is 9.78. The van der Waals surface area contributed by atoms with Gasteiger partial charge in [-0.1, -0.05) is 24.3 Å². The van der Waals surface area contributed by atoms with E-state index >= 15 is 0 Å². The summed E-state index contributed by atoms with van der Waals surface area (Å²) in [6.45, 7) is 0.820. The average Bonchev–Trinajstić information content (AvgIpc) is 2.95. The summed E-state index contributed by atoms with van der Waals surface area (Å²) in [5.74, 6) is -5.05. The molecule has 3 aromatic carbocycles. The maximum absolute atomic E-state index is 14.4. The largest absolute Gasteiger partial charge is 0.466 e. The lowest BCUT2D eigenvalue weighted by atomic mass is 9.92. The van der Waals surface area contributed by atoms with Gasteiger partial charge < -0.3 is 30.0 Å². The lowest BCUT2D eigenvalue weighted by Crippen LogP contribution is -2.54. The molecular weight excluding hydrogens is 609 g/mol. The molecule has 236 valence electrons. The fourth-order valence-corrected chi connectivity index (χ4v) is 3.89. The average molecular weight is 632 g/mol. The fourth-order valence-electron chi connectivity index (χ4n) is 3.89. The summed E-state index contributed by atoms with van der Waals surface area (Å²) in [5, 5.41) is 14.7.